The third-order valence-corrected chi connectivity index (χ3v) is 4.47. The average molecular weight is 256 g/mol. The fourth-order valence-corrected chi connectivity index (χ4v) is 2.87. The molecule has 0 saturated heterocycles. The molecule has 0 atom stereocenters. The van der Waals surface area contributed by atoms with E-state index in [0.717, 1.165) is 18.4 Å². The number of nitrogens with zero attached hydrogens (tertiary/aromatic N) is 1. The number of hydrogen-bond acceptors (Lipinski definition) is 3. The normalized spacial score (nSPS) is 12.0. The molecule has 0 bridgehead atoms. The smallest absolute Gasteiger partial charge is 0.242 e. The van der Waals surface area contributed by atoms with Crippen LogP contribution in [0.3, 0.4) is 0 Å². The van der Waals surface area contributed by atoms with Crippen molar-refractivity contribution in [3.63, 3.8) is 0 Å². The summed E-state index contributed by atoms with van der Waals surface area (Å²) in [5, 5.41) is 0. The molecule has 2 N–H and O–H groups in total. The topological polar surface area (TPSA) is 63.4 Å². The molecule has 1 rings (SSSR count). The summed E-state index contributed by atoms with van der Waals surface area (Å²) >= 11 is 0. The molecule has 17 heavy (non-hydrogen) atoms. The Labute approximate surface area is 103 Å². The van der Waals surface area contributed by atoms with Crippen molar-refractivity contribution < 1.29 is 8.42 Å². The molecule has 0 fully saturated rings. The van der Waals surface area contributed by atoms with Crippen molar-refractivity contribution in [1.82, 2.24) is 4.31 Å². The molecule has 0 spiro atoms. The minimum atomic E-state index is -3.33. The first-order valence-corrected chi connectivity index (χ1v) is 7.21. The molecule has 0 amide bonds. The molecule has 1 aromatic rings. The third kappa shape index (κ3) is 3.52. The van der Waals surface area contributed by atoms with Crippen molar-refractivity contribution in [2.45, 2.75) is 24.7 Å². The first-order valence-electron chi connectivity index (χ1n) is 5.77. The van der Waals surface area contributed by atoms with Crippen molar-refractivity contribution in [3.05, 3.63) is 29.8 Å². The fourth-order valence-electron chi connectivity index (χ4n) is 1.61. The minimum absolute atomic E-state index is 0.342. The Balaban J connectivity index is 2.92. The highest BCUT2D eigenvalue weighted by Gasteiger charge is 2.19. The highest BCUT2D eigenvalue weighted by molar-refractivity contribution is 7.89. The van der Waals surface area contributed by atoms with Crippen LogP contribution in [0.15, 0.2) is 29.2 Å². The lowest BCUT2D eigenvalue weighted by Gasteiger charge is -2.16. The molecule has 0 aliphatic heterocycles. The van der Waals surface area contributed by atoms with Gasteiger partial charge in [-0.15, -0.1) is 0 Å². The van der Waals surface area contributed by atoms with E-state index >= 15 is 0 Å². The van der Waals surface area contributed by atoms with Crippen LogP contribution in [0.2, 0.25) is 0 Å². The van der Waals surface area contributed by atoms with E-state index in [9.17, 15) is 8.42 Å². The predicted molar refractivity (Wildman–Crippen MR) is 69.3 cm³/mol. The SMILES string of the molecule is CCCN(C)S(=O)(=O)c1ccc(CCN)cc1. The molecule has 0 aromatic heterocycles. The molecule has 0 saturated carbocycles. The van der Waals surface area contributed by atoms with Crippen LogP contribution in [-0.2, 0) is 16.4 Å². The van der Waals surface area contributed by atoms with Gasteiger partial charge in [-0.2, -0.15) is 0 Å². The Kier molecular flexibility index (Phi) is 5.11. The largest absolute Gasteiger partial charge is 0.330 e. The molecule has 1 aromatic carbocycles. The zero-order chi connectivity index (χ0) is 12.9. The van der Waals surface area contributed by atoms with Gasteiger partial charge < -0.3 is 5.73 Å². The second kappa shape index (κ2) is 6.14. The van der Waals surface area contributed by atoms with Crippen molar-refractivity contribution in [1.29, 1.82) is 0 Å². The van der Waals surface area contributed by atoms with Gasteiger partial charge in [0, 0.05) is 13.6 Å². The predicted octanol–water partition coefficient (Wildman–Crippen LogP) is 1.22. The Bertz CT molecular complexity index is 440. The first kappa shape index (κ1) is 14.2. The Morgan fingerprint density at radius 1 is 1.24 bits per heavy atom. The van der Waals surface area contributed by atoms with Crippen molar-refractivity contribution >= 4 is 10.0 Å². The van der Waals surface area contributed by atoms with Crippen LogP contribution in [0.1, 0.15) is 18.9 Å². The van der Waals surface area contributed by atoms with Gasteiger partial charge in [-0.1, -0.05) is 19.1 Å². The van der Waals surface area contributed by atoms with Crippen LogP contribution < -0.4 is 5.73 Å². The van der Waals surface area contributed by atoms with Gasteiger partial charge >= 0.3 is 0 Å². The zero-order valence-corrected chi connectivity index (χ0v) is 11.2. The Hall–Kier alpha value is -0.910. The quantitative estimate of drug-likeness (QED) is 0.832. The number of hydrogen-bond donors (Lipinski definition) is 1. The first-order chi connectivity index (χ1) is 8.02. The van der Waals surface area contributed by atoms with Crippen LogP contribution in [0.25, 0.3) is 0 Å². The summed E-state index contributed by atoms with van der Waals surface area (Å²) in [6.07, 6.45) is 1.58. The minimum Gasteiger partial charge on any atom is -0.330 e. The molecule has 0 radical (unpaired) electrons. The monoisotopic (exact) mass is 256 g/mol. The van der Waals surface area contributed by atoms with E-state index in [-0.39, 0.29) is 0 Å². The van der Waals surface area contributed by atoms with E-state index in [1.54, 1.807) is 19.2 Å². The highest BCUT2D eigenvalue weighted by Crippen LogP contribution is 2.15. The molecular weight excluding hydrogens is 236 g/mol. The van der Waals surface area contributed by atoms with Gasteiger partial charge in [0.05, 0.1) is 4.90 Å². The molecule has 5 heteroatoms. The molecule has 0 unspecified atom stereocenters. The maximum Gasteiger partial charge on any atom is 0.242 e. The summed E-state index contributed by atoms with van der Waals surface area (Å²) in [6, 6.07) is 6.93. The summed E-state index contributed by atoms with van der Waals surface area (Å²) in [4.78, 5) is 0.342. The standard InChI is InChI=1S/C12H20N2O2S/c1-3-10-14(2)17(15,16)12-6-4-11(5-7-12)8-9-13/h4-7H,3,8-10,13H2,1-2H3. The molecule has 4 nitrogen and oxygen atoms in total. The molecule has 96 valence electrons. The van der Waals surface area contributed by atoms with Gasteiger partial charge in [-0.25, -0.2) is 12.7 Å². The maximum absolute atomic E-state index is 12.1. The average Bonchev–Trinajstić information content (AvgIpc) is 2.30. The van der Waals surface area contributed by atoms with E-state index < -0.39 is 10.0 Å². The molecule has 0 aliphatic rings. The number of sulfonamides is 1. The number of benzene rings is 1. The fraction of sp³-hybridized carbons (Fsp3) is 0.500. The zero-order valence-electron chi connectivity index (χ0n) is 10.4. The second-order valence-electron chi connectivity index (χ2n) is 4.01. The van der Waals surface area contributed by atoms with Crippen LogP contribution in [0.4, 0.5) is 0 Å². The lowest BCUT2D eigenvalue weighted by atomic mass is 10.2. The van der Waals surface area contributed by atoms with Crippen molar-refractivity contribution in [2.24, 2.45) is 5.73 Å². The highest BCUT2D eigenvalue weighted by atomic mass is 32.2. The van der Waals surface area contributed by atoms with E-state index in [4.69, 9.17) is 5.73 Å². The lowest BCUT2D eigenvalue weighted by Crippen LogP contribution is -2.27. The molecule has 0 aliphatic carbocycles. The van der Waals surface area contributed by atoms with Crippen LogP contribution >= 0.6 is 0 Å². The van der Waals surface area contributed by atoms with Crippen LogP contribution in [0.5, 0.6) is 0 Å². The maximum atomic E-state index is 12.1. The summed E-state index contributed by atoms with van der Waals surface area (Å²) in [6.45, 7) is 3.06. The molecular formula is C12H20N2O2S. The summed E-state index contributed by atoms with van der Waals surface area (Å²) in [5.74, 6) is 0. The van der Waals surface area contributed by atoms with Gasteiger partial charge in [-0.3, -0.25) is 0 Å². The van der Waals surface area contributed by atoms with Gasteiger partial charge in [0.2, 0.25) is 10.0 Å². The Morgan fingerprint density at radius 3 is 2.29 bits per heavy atom. The van der Waals surface area contributed by atoms with Crippen molar-refractivity contribution in [2.75, 3.05) is 20.1 Å². The summed E-state index contributed by atoms with van der Waals surface area (Å²) in [5.41, 5.74) is 6.51. The van der Waals surface area contributed by atoms with Gasteiger partial charge in [0.15, 0.2) is 0 Å². The van der Waals surface area contributed by atoms with E-state index in [0.29, 0.717) is 18.0 Å². The lowest BCUT2D eigenvalue weighted by molar-refractivity contribution is 0.468. The van der Waals surface area contributed by atoms with Gasteiger partial charge in [0.25, 0.3) is 0 Å². The Morgan fingerprint density at radius 2 is 1.82 bits per heavy atom. The summed E-state index contributed by atoms with van der Waals surface area (Å²) in [7, 11) is -1.73. The van der Waals surface area contributed by atoms with Crippen LogP contribution in [-0.4, -0.2) is 32.9 Å². The molecule has 0 heterocycles. The second-order valence-corrected chi connectivity index (χ2v) is 6.05. The summed E-state index contributed by atoms with van der Waals surface area (Å²) < 4.78 is 25.6. The van der Waals surface area contributed by atoms with Gasteiger partial charge in [-0.05, 0) is 37.1 Å². The van der Waals surface area contributed by atoms with E-state index in [2.05, 4.69) is 0 Å². The van der Waals surface area contributed by atoms with E-state index in [1.165, 1.54) is 4.31 Å². The van der Waals surface area contributed by atoms with Gasteiger partial charge in [0.1, 0.15) is 0 Å². The number of nitrogens with two attached hydrogens (primary N) is 1. The third-order valence-electron chi connectivity index (χ3n) is 2.60. The van der Waals surface area contributed by atoms with Crippen LogP contribution in [0, 0.1) is 0 Å². The van der Waals surface area contributed by atoms with Crippen molar-refractivity contribution in [3.8, 4) is 0 Å². The number of rotatable bonds is 6. The van der Waals surface area contributed by atoms with E-state index in [1.807, 2.05) is 19.1 Å².